The molecule has 1 atom stereocenters. The lowest BCUT2D eigenvalue weighted by atomic mass is 10.0. The Morgan fingerprint density at radius 1 is 1.08 bits per heavy atom. The average molecular weight is 365 g/mol. The predicted molar refractivity (Wildman–Crippen MR) is 108 cm³/mol. The van der Waals surface area contributed by atoms with E-state index < -0.39 is 5.60 Å². The fraction of sp³-hybridized carbons (Fsp3) is 0.667. The van der Waals surface area contributed by atoms with Gasteiger partial charge in [0.1, 0.15) is 11.4 Å². The lowest BCUT2D eigenvalue weighted by Crippen LogP contribution is -2.42. The lowest BCUT2D eigenvalue weighted by Gasteiger charge is -2.27. The van der Waals surface area contributed by atoms with E-state index >= 15 is 0 Å². The van der Waals surface area contributed by atoms with Gasteiger partial charge >= 0.3 is 0 Å². The van der Waals surface area contributed by atoms with Crippen molar-refractivity contribution in [2.75, 3.05) is 38.2 Å². The van der Waals surface area contributed by atoms with Crippen LogP contribution in [0.15, 0.2) is 24.3 Å². The molecule has 0 aromatic heterocycles. The number of rotatable bonds is 13. The van der Waals surface area contributed by atoms with Crippen LogP contribution in [0.4, 0.5) is 5.69 Å². The van der Waals surface area contributed by atoms with Crippen LogP contribution in [0.3, 0.4) is 0 Å². The number of hydrogen-bond acceptors (Lipinski definition) is 4. The summed E-state index contributed by atoms with van der Waals surface area (Å²) in [5.74, 6) is 0.712. The molecule has 1 N–H and O–H groups in total. The van der Waals surface area contributed by atoms with Gasteiger partial charge < -0.3 is 19.7 Å². The number of amides is 1. The molecule has 0 fully saturated rings. The third-order valence-electron chi connectivity index (χ3n) is 4.67. The molecule has 0 aliphatic rings. The number of nitrogens with one attached hydrogen (secondary N) is 1. The van der Waals surface area contributed by atoms with Crippen molar-refractivity contribution >= 4 is 11.6 Å². The van der Waals surface area contributed by atoms with E-state index in [2.05, 4.69) is 24.1 Å². The Bertz CT molecular complexity index is 514. The van der Waals surface area contributed by atoms with Crippen molar-refractivity contribution in [1.82, 2.24) is 4.90 Å². The van der Waals surface area contributed by atoms with E-state index in [0.29, 0.717) is 19.6 Å². The maximum absolute atomic E-state index is 12.5. The summed E-state index contributed by atoms with van der Waals surface area (Å²) in [6, 6.07) is 7.52. The van der Waals surface area contributed by atoms with Crippen molar-refractivity contribution in [1.29, 1.82) is 0 Å². The second-order valence-electron chi connectivity index (χ2n) is 6.64. The standard InChI is InChI=1S/C21H36N2O3/c1-6-16-26-21(5,7-2)20(24)22-18-11-13-19(14-12-18)25-17-10-15-23(8-3)9-4/h11-14H,6-10,15-17H2,1-5H3,(H,22,24). The molecule has 1 aromatic carbocycles. The van der Waals surface area contributed by atoms with Crippen LogP contribution in [0, 0.1) is 0 Å². The predicted octanol–water partition coefficient (Wildman–Crippen LogP) is 4.33. The highest BCUT2D eigenvalue weighted by Gasteiger charge is 2.32. The number of hydrogen-bond donors (Lipinski definition) is 1. The summed E-state index contributed by atoms with van der Waals surface area (Å²) in [6.45, 7) is 14.7. The van der Waals surface area contributed by atoms with Crippen molar-refractivity contribution in [3.05, 3.63) is 24.3 Å². The molecule has 0 aliphatic heterocycles. The largest absolute Gasteiger partial charge is 0.494 e. The maximum atomic E-state index is 12.5. The number of benzene rings is 1. The van der Waals surface area contributed by atoms with Gasteiger partial charge in [0.05, 0.1) is 6.61 Å². The molecule has 0 heterocycles. The Hall–Kier alpha value is -1.59. The lowest BCUT2D eigenvalue weighted by molar-refractivity contribution is -0.139. The summed E-state index contributed by atoms with van der Waals surface area (Å²) in [4.78, 5) is 14.9. The molecule has 0 spiro atoms. The second kappa shape index (κ2) is 11.9. The molecular formula is C21H36N2O3. The number of nitrogens with zero attached hydrogens (tertiary/aromatic N) is 1. The summed E-state index contributed by atoms with van der Waals surface area (Å²) in [5, 5.41) is 2.94. The molecule has 26 heavy (non-hydrogen) atoms. The van der Waals surface area contributed by atoms with Crippen LogP contribution in [0.2, 0.25) is 0 Å². The number of anilines is 1. The SMILES string of the molecule is CCCOC(C)(CC)C(=O)Nc1ccc(OCCCN(CC)CC)cc1. The molecule has 1 amide bonds. The van der Waals surface area contributed by atoms with Gasteiger partial charge in [-0.25, -0.2) is 0 Å². The van der Waals surface area contributed by atoms with Crippen LogP contribution in [-0.2, 0) is 9.53 Å². The summed E-state index contributed by atoms with van der Waals surface area (Å²) in [5.41, 5.74) is -0.0411. The first kappa shape index (κ1) is 22.5. The highest BCUT2D eigenvalue weighted by molar-refractivity contribution is 5.97. The number of carbonyl (C=O) groups excluding carboxylic acids is 1. The van der Waals surface area contributed by atoms with E-state index in [1.165, 1.54) is 0 Å². The van der Waals surface area contributed by atoms with Gasteiger partial charge in [0, 0.05) is 18.8 Å². The second-order valence-corrected chi connectivity index (χ2v) is 6.64. The maximum Gasteiger partial charge on any atom is 0.256 e. The van der Waals surface area contributed by atoms with Gasteiger partial charge in [0.2, 0.25) is 0 Å². The molecule has 5 nitrogen and oxygen atoms in total. The quantitative estimate of drug-likeness (QED) is 0.529. The smallest absolute Gasteiger partial charge is 0.256 e. The van der Waals surface area contributed by atoms with Gasteiger partial charge in [-0.3, -0.25) is 4.79 Å². The number of carbonyl (C=O) groups is 1. The Kier molecular flexibility index (Phi) is 10.3. The fourth-order valence-electron chi connectivity index (χ4n) is 2.57. The minimum Gasteiger partial charge on any atom is -0.494 e. The van der Waals surface area contributed by atoms with E-state index in [1.807, 2.05) is 45.0 Å². The van der Waals surface area contributed by atoms with Gasteiger partial charge in [0.25, 0.3) is 5.91 Å². The monoisotopic (exact) mass is 364 g/mol. The first-order valence-corrected chi connectivity index (χ1v) is 9.89. The molecule has 5 heteroatoms. The molecule has 0 saturated heterocycles. The van der Waals surface area contributed by atoms with Crippen molar-refractivity contribution in [3.63, 3.8) is 0 Å². The van der Waals surface area contributed by atoms with Crippen LogP contribution in [0.1, 0.15) is 53.9 Å². The average Bonchev–Trinajstić information content (AvgIpc) is 2.67. The topological polar surface area (TPSA) is 50.8 Å². The van der Waals surface area contributed by atoms with E-state index in [1.54, 1.807) is 0 Å². The molecule has 1 rings (SSSR count). The third-order valence-corrected chi connectivity index (χ3v) is 4.67. The van der Waals surface area contributed by atoms with Crippen LogP contribution < -0.4 is 10.1 Å². The van der Waals surface area contributed by atoms with Crippen molar-refractivity contribution in [2.45, 2.75) is 59.5 Å². The van der Waals surface area contributed by atoms with Crippen LogP contribution in [0.25, 0.3) is 0 Å². The minimum atomic E-state index is -0.796. The summed E-state index contributed by atoms with van der Waals surface area (Å²) in [7, 11) is 0. The Labute approximate surface area is 159 Å². The van der Waals surface area contributed by atoms with Crippen molar-refractivity contribution in [2.24, 2.45) is 0 Å². The van der Waals surface area contributed by atoms with E-state index in [0.717, 1.165) is 43.9 Å². The zero-order valence-corrected chi connectivity index (χ0v) is 17.1. The molecule has 148 valence electrons. The first-order valence-electron chi connectivity index (χ1n) is 9.89. The summed E-state index contributed by atoms with van der Waals surface area (Å²) < 4.78 is 11.5. The molecule has 0 aliphatic carbocycles. The summed E-state index contributed by atoms with van der Waals surface area (Å²) in [6.07, 6.45) is 2.53. The molecule has 1 aromatic rings. The van der Waals surface area contributed by atoms with E-state index in [-0.39, 0.29) is 5.91 Å². The van der Waals surface area contributed by atoms with Gasteiger partial charge in [-0.15, -0.1) is 0 Å². The Morgan fingerprint density at radius 2 is 1.73 bits per heavy atom. The normalized spacial score (nSPS) is 13.5. The highest BCUT2D eigenvalue weighted by atomic mass is 16.5. The fourth-order valence-corrected chi connectivity index (χ4v) is 2.57. The van der Waals surface area contributed by atoms with E-state index in [9.17, 15) is 4.79 Å². The minimum absolute atomic E-state index is 0.110. The third kappa shape index (κ3) is 7.34. The Balaban J connectivity index is 2.47. The van der Waals surface area contributed by atoms with Crippen LogP contribution in [-0.4, -0.2) is 49.3 Å². The first-order chi connectivity index (χ1) is 12.5. The van der Waals surface area contributed by atoms with Crippen LogP contribution in [0.5, 0.6) is 5.75 Å². The van der Waals surface area contributed by atoms with Gasteiger partial charge in [-0.2, -0.15) is 0 Å². The summed E-state index contributed by atoms with van der Waals surface area (Å²) >= 11 is 0. The van der Waals surface area contributed by atoms with Crippen molar-refractivity contribution < 1.29 is 14.3 Å². The molecule has 0 bridgehead atoms. The van der Waals surface area contributed by atoms with E-state index in [4.69, 9.17) is 9.47 Å². The highest BCUT2D eigenvalue weighted by Crippen LogP contribution is 2.21. The molecule has 1 unspecified atom stereocenters. The number of ether oxygens (including phenoxy) is 2. The van der Waals surface area contributed by atoms with Crippen LogP contribution >= 0.6 is 0 Å². The van der Waals surface area contributed by atoms with Gasteiger partial charge in [0.15, 0.2) is 0 Å². The molecule has 0 saturated carbocycles. The Morgan fingerprint density at radius 3 is 2.27 bits per heavy atom. The zero-order valence-electron chi connectivity index (χ0n) is 17.1. The van der Waals surface area contributed by atoms with Gasteiger partial charge in [-0.1, -0.05) is 27.7 Å². The molecule has 0 radical (unpaired) electrons. The van der Waals surface area contributed by atoms with Gasteiger partial charge in [-0.05, 0) is 63.5 Å². The molecular weight excluding hydrogens is 328 g/mol. The van der Waals surface area contributed by atoms with Crippen molar-refractivity contribution in [3.8, 4) is 5.75 Å². The zero-order chi connectivity index (χ0) is 19.4.